The van der Waals surface area contributed by atoms with Gasteiger partial charge in [0.1, 0.15) is 11.5 Å². The van der Waals surface area contributed by atoms with Crippen molar-refractivity contribution in [1.82, 2.24) is 0 Å². The topological polar surface area (TPSA) is 9.23 Å². The Balaban J connectivity index is 1.20. The van der Waals surface area contributed by atoms with Crippen LogP contribution < -0.4 is 0 Å². The normalized spacial score (nSPS) is 54.1. The molecule has 0 aromatic heterocycles. The molecule has 0 spiro atoms. The minimum absolute atomic E-state index is 0.786. The summed E-state index contributed by atoms with van der Waals surface area (Å²) >= 11 is 0. The number of rotatable bonds is 2. The fourth-order valence-electron chi connectivity index (χ4n) is 6.34. The minimum atomic E-state index is 0.786. The van der Waals surface area contributed by atoms with Gasteiger partial charge in [-0.2, -0.15) is 0 Å². The van der Waals surface area contributed by atoms with Crippen molar-refractivity contribution in [3.63, 3.8) is 0 Å². The molecule has 0 saturated heterocycles. The Kier molecular flexibility index (Phi) is 2.02. The van der Waals surface area contributed by atoms with Gasteiger partial charge >= 0.3 is 0 Å². The quantitative estimate of drug-likeness (QED) is 0.678. The summed E-state index contributed by atoms with van der Waals surface area (Å²) in [5.74, 6) is 9.18. The maximum atomic E-state index is 6.36. The Bertz CT molecular complexity index is 568. The van der Waals surface area contributed by atoms with Crippen LogP contribution >= 0.6 is 0 Å². The first-order valence-corrected chi connectivity index (χ1v) is 8.81. The van der Waals surface area contributed by atoms with Crippen LogP contribution in [0.3, 0.4) is 0 Å². The molecule has 0 N–H and O–H groups in total. The zero-order valence-corrected chi connectivity index (χ0v) is 12.3. The van der Waals surface area contributed by atoms with Gasteiger partial charge < -0.3 is 4.74 Å². The van der Waals surface area contributed by atoms with E-state index in [1.807, 2.05) is 0 Å². The van der Waals surface area contributed by atoms with Gasteiger partial charge in [-0.15, -0.1) is 0 Å². The van der Waals surface area contributed by atoms with Crippen molar-refractivity contribution in [2.45, 2.75) is 25.7 Å². The fraction of sp³-hybridized carbons (Fsp3) is 0.600. The Morgan fingerprint density at radius 3 is 1.62 bits per heavy atom. The third kappa shape index (κ3) is 1.43. The van der Waals surface area contributed by atoms with E-state index < -0.39 is 0 Å². The lowest BCUT2D eigenvalue weighted by Crippen LogP contribution is -2.13. The van der Waals surface area contributed by atoms with Crippen LogP contribution in [0.1, 0.15) is 25.7 Å². The zero-order valence-electron chi connectivity index (χ0n) is 12.3. The van der Waals surface area contributed by atoms with Gasteiger partial charge in [0, 0.05) is 12.8 Å². The SMILES string of the molecule is C1=CC2CC1C1C=C(OC3=CC4C5C=CC(C5)C4C3)CC21. The van der Waals surface area contributed by atoms with Crippen molar-refractivity contribution in [2.24, 2.45) is 47.3 Å². The maximum absolute atomic E-state index is 6.36. The number of allylic oxidation sites excluding steroid dienone is 8. The maximum Gasteiger partial charge on any atom is 0.100 e. The van der Waals surface area contributed by atoms with Crippen LogP contribution in [-0.2, 0) is 4.74 Å². The van der Waals surface area contributed by atoms with Crippen LogP contribution in [0.25, 0.3) is 0 Å². The Labute approximate surface area is 126 Å². The summed E-state index contributed by atoms with van der Waals surface area (Å²) in [6.45, 7) is 0. The molecule has 0 amide bonds. The van der Waals surface area contributed by atoms with E-state index in [9.17, 15) is 0 Å². The fourth-order valence-corrected chi connectivity index (χ4v) is 6.34. The Hall–Kier alpha value is -1.24. The minimum Gasteiger partial charge on any atom is -0.467 e. The third-order valence-electron chi connectivity index (χ3n) is 7.27. The molecule has 2 fully saturated rings. The number of hydrogen-bond acceptors (Lipinski definition) is 1. The first-order chi connectivity index (χ1) is 10.3. The van der Waals surface area contributed by atoms with Gasteiger partial charge in [0.25, 0.3) is 0 Å². The van der Waals surface area contributed by atoms with E-state index in [-0.39, 0.29) is 0 Å². The molecule has 1 heteroatoms. The van der Waals surface area contributed by atoms with Crippen molar-refractivity contribution in [1.29, 1.82) is 0 Å². The molecule has 6 aliphatic carbocycles. The van der Waals surface area contributed by atoms with E-state index in [0.29, 0.717) is 0 Å². The number of ether oxygens (including phenoxy) is 1. The van der Waals surface area contributed by atoms with Crippen LogP contribution in [0, 0.1) is 47.3 Å². The summed E-state index contributed by atoms with van der Waals surface area (Å²) in [5, 5.41) is 0. The largest absolute Gasteiger partial charge is 0.467 e. The van der Waals surface area contributed by atoms with E-state index >= 15 is 0 Å². The molecule has 8 atom stereocenters. The smallest absolute Gasteiger partial charge is 0.100 e. The lowest BCUT2D eigenvalue weighted by atomic mass is 9.86. The van der Waals surface area contributed by atoms with Crippen molar-refractivity contribution >= 4 is 0 Å². The summed E-state index contributed by atoms with van der Waals surface area (Å²) in [5.41, 5.74) is 0. The number of fused-ring (bicyclic) bond motifs is 10. The molecular formula is C20H22O. The second kappa shape index (κ2) is 3.74. The molecule has 0 aromatic rings. The highest BCUT2D eigenvalue weighted by Gasteiger charge is 2.49. The second-order valence-electron chi connectivity index (χ2n) is 8.16. The molecule has 6 rings (SSSR count). The van der Waals surface area contributed by atoms with Gasteiger partial charge in [-0.25, -0.2) is 0 Å². The lowest BCUT2D eigenvalue weighted by molar-refractivity contribution is 0.255. The summed E-state index contributed by atoms with van der Waals surface area (Å²) in [6.07, 6.45) is 20.0. The molecule has 0 heterocycles. The van der Waals surface area contributed by atoms with E-state index in [0.717, 1.165) is 47.3 Å². The molecule has 2 saturated carbocycles. The Morgan fingerprint density at radius 1 is 0.667 bits per heavy atom. The predicted molar refractivity (Wildman–Crippen MR) is 81.9 cm³/mol. The van der Waals surface area contributed by atoms with Gasteiger partial charge in [-0.05, 0) is 72.3 Å². The molecule has 8 unspecified atom stereocenters. The first kappa shape index (κ1) is 11.3. The molecular weight excluding hydrogens is 256 g/mol. The molecule has 4 bridgehead atoms. The van der Waals surface area contributed by atoms with E-state index in [2.05, 4.69) is 36.5 Å². The molecule has 6 aliphatic rings. The van der Waals surface area contributed by atoms with Crippen LogP contribution in [0.2, 0.25) is 0 Å². The predicted octanol–water partition coefficient (Wildman–Crippen LogP) is 4.45. The average Bonchev–Trinajstić information content (AvgIpc) is 3.27. The van der Waals surface area contributed by atoms with Crippen molar-refractivity contribution in [3.8, 4) is 0 Å². The Morgan fingerprint density at radius 2 is 1.14 bits per heavy atom. The van der Waals surface area contributed by atoms with Gasteiger partial charge in [0.05, 0.1) is 0 Å². The van der Waals surface area contributed by atoms with E-state index in [1.165, 1.54) is 37.2 Å². The summed E-state index contributed by atoms with van der Waals surface area (Å²) < 4.78 is 6.36. The van der Waals surface area contributed by atoms with E-state index in [1.54, 1.807) is 0 Å². The standard InChI is InChI=1S/C20H22O/c1-2-12-5-11(1)17-7-15(8-18(12)17)21-16-9-19-13-3-4-14(6-13)20(19)10-16/h1-4,7,9,11-14,17-20H,5-6,8,10H2. The molecule has 0 aromatic carbocycles. The highest BCUT2D eigenvalue weighted by atomic mass is 16.5. The van der Waals surface area contributed by atoms with Gasteiger partial charge in [-0.1, -0.05) is 24.3 Å². The summed E-state index contributed by atoms with van der Waals surface area (Å²) in [6, 6.07) is 0. The molecule has 108 valence electrons. The van der Waals surface area contributed by atoms with Crippen molar-refractivity contribution in [2.75, 3.05) is 0 Å². The molecule has 1 nitrogen and oxygen atoms in total. The van der Waals surface area contributed by atoms with Crippen LogP contribution in [0.15, 0.2) is 48.0 Å². The zero-order chi connectivity index (χ0) is 13.6. The van der Waals surface area contributed by atoms with Crippen molar-refractivity contribution in [3.05, 3.63) is 48.0 Å². The average molecular weight is 278 g/mol. The van der Waals surface area contributed by atoms with Crippen LogP contribution in [0.5, 0.6) is 0 Å². The molecule has 21 heavy (non-hydrogen) atoms. The lowest BCUT2D eigenvalue weighted by Gasteiger charge is -2.19. The summed E-state index contributed by atoms with van der Waals surface area (Å²) in [4.78, 5) is 0. The second-order valence-corrected chi connectivity index (χ2v) is 8.16. The highest BCUT2D eigenvalue weighted by molar-refractivity contribution is 5.28. The molecule has 0 aliphatic heterocycles. The first-order valence-electron chi connectivity index (χ1n) is 8.81. The summed E-state index contributed by atoms with van der Waals surface area (Å²) in [7, 11) is 0. The van der Waals surface area contributed by atoms with Crippen molar-refractivity contribution < 1.29 is 4.74 Å². The van der Waals surface area contributed by atoms with Gasteiger partial charge in [0.15, 0.2) is 0 Å². The third-order valence-corrected chi connectivity index (χ3v) is 7.27. The van der Waals surface area contributed by atoms with Crippen LogP contribution in [0.4, 0.5) is 0 Å². The molecule has 0 radical (unpaired) electrons. The van der Waals surface area contributed by atoms with Gasteiger partial charge in [0.2, 0.25) is 0 Å². The monoisotopic (exact) mass is 278 g/mol. The van der Waals surface area contributed by atoms with Gasteiger partial charge in [-0.3, -0.25) is 0 Å². The van der Waals surface area contributed by atoms with Crippen LogP contribution in [-0.4, -0.2) is 0 Å². The highest BCUT2D eigenvalue weighted by Crippen LogP contribution is 2.57. The number of hydrogen-bond donors (Lipinski definition) is 0. The van der Waals surface area contributed by atoms with E-state index in [4.69, 9.17) is 4.74 Å².